The Balaban J connectivity index is 0.00000225. The van der Waals surface area contributed by atoms with Gasteiger partial charge in [0, 0.05) is 26.7 Å². The third kappa shape index (κ3) is 5.68. The smallest absolute Gasteiger partial charge is 0.224 e. The van der Waals surface area contributed by atoms with Crippen LogP contribution in [0.3, 0.4) is 0 Å². The maximum atomic E-state index is 11.8. The van der Waals surface area contributed by atoms with Gasteiger partial charge in [0.15, 0.2) is 0 Å². The maximum Gasteiger partial charge on any atom is 0.224 e. The van der Waals surface area contributed by atoms with Gasteiger partial charge in [0.25, 0.3) is 0 Å². The van der Waals surface area contributed by atoms with Gasteiger partial charge in [-0.25, -0.2) is 0 Å². The van der Waals surface area contributed by atoms with Crippen molar-refractivity contribution in [2.45, 2.75) is 26.4 Å². The van der Waals surface area contributed by atoms with Gasteiger partial charge >= 0.3 is 0 Å². The lowest BCUT2D eigenvalue weighted by atomic mass is 10.1. The fourth-order valence-corrected chi connectivity index (χ4v) is 1.75. The SMILES string of the molecule is CC(C)CN(C)C(=O)CC1CNCCO1.Cl. The predicted octanol–water partition coefficient (Wildman–Crippen LogP) is 0.901. The minimum Gasteiger partial charge on any atom is -0.375 e. The van der Waals surface area contributed by atoms with Crippen molar-refractivity contribution in [3.05, 3.63) is 0 Å². The summed E-state index contributed by atoms with van der Waals surface area (Å²) in [5.41, 5.74) is 0. The number of hydrogen-bond donors (Lipinski definition) is 1. The van der Waals surface area contributed by atoms with E-state index in [1.54, 1.807) is 4.90 Å². The fourth-order valence-electron chi connectivity index (χ4n) is 1.75. The summed E-state index contributed by atoms with van der Waals surface area (Å²) in [7, 11) is 1.86. The molecule has 1 aliphatic heterocycles. The van der Waals surface area contributed by atoms with Crippen molar-refractivity contribution in [3.8, 4) is 0 Å². The first kappa shape index (κ1) is 15.7. The minimum atomic E-state index is 0. The quantitative estimate of drug-likeness (QED) is 0.806. The second-order valence-corrected chi connectivity index (χ2v) is 4.57. The molecule has 0 spiro atoms. The van der Waals surface area contributed by atoms with Crippen LogP contribution in [0.15, 0.2) is 0 Å². The van der Waals surface area contributed by atoms with Crippen molar-refractivity contribution in [1.29, 1.82) is 0 Å². The standard InChI is InChI=1S/C11H22N2O2.ClH/c1-9(2)8-13(3)11(14)6-10-7-12-4-5-15-10;/h9-10,12H,4-8H2,1-3H3;1H. The third-order valence-electron chi connectivity index (χ3n) is 2.47. The lowest BCUT2D eigenvalue weighted by Gasteiger charge is -2.26. The molecule has 0 aromatic rings. The number of amides is 1. The Morgan fingerprint density at radius 3 is 2.75 bits per heavy atom. The molecule has 1 unspecified atom stereocenters. The van der Waals surface area contributed by atoms with E-state index in [4.69, 9.17) is 4.74 Å². The van der Waals surface area contributed by atoms with Crippen LogP contribution in [0, 0.1) is 5.92 Å². The van der Waals surface area contributed by atoms with Crippen LogP contribution in [0.4, 0.5) is 0 Å². The number of halogens is 1. The number of morpholine rings is 1. The first-order valence-electron chi connectivity index (χ1n) is 5.66. The number of hydrogen-bond acceptors (Lipinski definition) is 3. The molecule has 1 saturated heterocycles. The van der Waals surface area contributed by atoms with Crippen LogP contribution < -0.4 is 5.32 Å². The molecule has 1 rings (SSSR count). The summed E-state index contributed by atoms with van der Waals surface area (Å²) in [6, 6.07) is 0. The molecule has 4 nitrogen and oxygen atoms in total. The highest BCUT2D eigenvalue weighted by Crippen LogP contribution is 2.05. The molecule has 0 saturated carbocycles. The number of ether oxygens (including phenoxy) is 1. The number of carbonyl (C=O) groups excluding carboxylic acids is 1. The summed E-state index contributed by atoms with van der Waals surface area (Å²) in [6.45, 7) is 7.45. The second-order valence-electron chi connectivity index (χ2n) is 4.57. The topological polar surface area (TPSA) is 41.6 Å². The van der Waals surface area contributed by atoms with Crippen LogP contribution >= 0.6 is 12.4 Å². The molecule has 1 N–H and O–H groups in total. The zero-order chi connectivity index (χ0) is 11.3. The van der Waals surface area contributed by atoms with Crippen molar-refractivity contribution in [3.63, 3.8) is 0 Å². The summed E-state index contributed by atoms with van der Waals surface area (Å²) in [5.74, 6) is 0.696. The van der Waals surface area contributed by atoms with Crippen LogP contribution in [0.25, 0.3) is 0 Å². The van der Waals surface area contributed by atoms with E-state index in [9.17, 15) is 4.79 Å². The molecule has 0 aromatic heterocycles. The highest BCUT2D eigenvalue weighted by Gasteiger charge is 2.19. The van der Waals surface area contributed by atoms with E-state index in [2.05, 4.69) is 19.2 Å². The molecule has 0 bridgehead atoms. The van der Waals surface area contributed by atoms with Gasteiger partial charge in [-0.3, -0.25) is 4.79 Å². The molecule has 1 heterocycles. The van der Waals surface area contributed by atoms with Crippen LogP contribution in [-0.2, 0) is 9.53 Å². The average Bonchev–Trinajstić information content (AvgIpc) is 2.18. The Morgan fingerprint density at radius 2 is 2.25 bits per heavy atom. The Morgan fingerprint density at radius 1 is 1.56 bits per heavy atom. The first-order valence-corrected chi connectivity index (χ1v) is 5.66. The molecule has 5 heteroatoms. The van der Waals surface area contributed by atoms with E-state index in [1.807, 2.05) is 7.05 Å². The van der Waals surface area contributed by atoms with Gasteiger partial charge in [0.2, 0.25) is 5.91 Å². The van der Waals surface area contributed by atoms with Gasteiger partial charge in [-0.05, 0) is 5.92 Å². The van der Waals surface area contributed by atoms with Crippen LogP contribution in [-0.4, -0.2) is 50.2 Å². The molecule has 0 radical (unpaired) electrons. The lowest BCUT2D eigenvalue weighted by molar-refractivity contribution is -0.133. The first-order chi connectivity index (χ1) is 7.09. The van der Waals surface area contributed by atoms with Gasteiger partial charge in [0.05, 0.1) is 19.1 Å². The number of carbonyl (C=O) groups is 1. The monoisotopic (exact) mass is 250 g/mol. The summed E-state index contributed by atoms with van der Waals surface area (Å²) in [6.07, 6.45) is 0.553. The highest BCUT2D eigenvalue weighted by molar-refractivity contribution is 5.85. The van der Waals surface area contributed by atoms with Crippen LogP contribution in [0.5, 0.6) is 0 Å². The molecule has 16 heavy (non-hydrogen) atoms. The molecular weight excluding hydrogens is 228 g/mol. The van der Waals surface area contributed by atoms with Gasteiger partial charge in [0.1, 0.15) is 0 Å². The molecule has 1 atom stereocenters. The molecule has 1 fully saturated rings. The third-order valence-corrected chi connectivity index (χ3v) is 2.47. The molecule has 0 aromatic carbocycles. The van der Waals surface area contributed by atoms with E-state index >= 15 is 0 Å². The lowest BCUT2D eigenvalue weighted by Crippen LogP contribution is -2.42. The Labute approximate surface area is 104 Å². The fraction of sp³-hybridized carbons (Fsp3) is 0.909. The number of nitrogens with one attached hydrogen (secondary N) is 1. The zero-order valence-corrected chi connectivity index (χ0v) is 11.2. The van der Waals surface area contributed by atoms with E-state index in [1.165, 1.54) is 0 Å². The maximum absolute atomic E-state index is 11.8. The Hall–Kier alpha value is -0.320. The summed E-state index contributed by atoms with van der Waals surface area (Å²) in [5, 5.41) is 3.22. The second kappa shape index (κ2) is 7.87. The van der Waals surface area contributed by atoms with E-state index < -0.39 is 0 Å². The van der Waals surface area contributed by atoms with Gasteiger partial charge < -0.3 is 15.0 Å². The van der Waals surface area contributed by atoms with Gasteiger partial charge in [-0.2, -0.15) is 0 Å². The molecule has 1 amide bonds. The van der Waals surface area contributed by atoms with Gasteiger partial charge in [-0.15, -0.1) is 12.4 Å². The summed E-state index contributed by atoms with van der Waals surface area (Å²) < 4.78 is 5.49. The number of nitrogens with zero attached hydrogens (tertiary/aromatic N) is 1. The molecule has 0 aliphatic carbocycles. The van der Waals surface area contributed by atoms with E-state index in [0.29, 0.717) is 18.9 Å². The van der Waals surface area contributed by atoms with Gasteiger partial charge in [-0.1, -0.05) is 13.8 Å². The Bertz CT molecular complexity index is 206. The normalized spacial score (nSPS) is 20.4. The summed E-state index contributed by atoms with van der Waals surface area (Å²) >= 11 is 0. The number of rotatable bonds is 4. The predicted molar refractivity (Wildman–Crippen MR) is 66.9 cm³/mol. The minimum absolute atomic E-state index is 0. The average molecular weight is 251 g/mol. The zero-order valence-electron chi connectivity index (χ0n) is 10.4. The highest BCUT2D eigenvalue weighted by atomic mass is 35.5. The van der Waals surface area contributed by atoms with E-state index in [0.717, 1.165) is 19.6 Å². The summed E-state index contributed by atoms with van der Waals surface area (Å²) in [4.78, 5) is 13.6. The van der Waals surface area contributed by atoms with Crippen molar-refractivity contribution in [2.75, 3.05) is 33.3 Å². The molecule has 96 valence electrons. The Kier molecular flexibility index (Phi) is 7.72. The molecule has 1 aliphatic rings. The van der Waals surface area contributed by atoms with Crippen molar-refractivity contribution in [1.82, 2.24) is 10.2 Å². The van der Waals surface area contributed by atoms with Crippen molar-refractivity contribution < 1.29 is 9.53 Å². The van der Waals surface area contributed by atoms with Crippen LogP contribution in [0.1, 0.15) is 20.3 Å². The van der Waals surface area contributed by atoms with Crippen molar-refractivity contribution >= 4 is 18.3 Å². The van der Waals surface area contributed by atoms with Crippen molar-refractivity contribution in [2.24, 2.45) is 5.92 Å². The largest absolute Gasteiger partial charge is 0.375 e. The van der Waals surface area contributed by atoms with Crippen LogP contribution in [0.2, 0.25) is 0 Å². The molecular formula is C11H23ClN2O2. The van der Waals surface area contributed by atoms with E-state index in [-0.39, 0.29) is 24.4 Å².